The SMILES string of the molecule is CC(C)(O)C(F)CNC(=O)c1cnc(-c2ccc3cc(C#N)cnn23)cc1NC1CC(Cn2ccnc2)C1. The van der Waals surface area contributed by atoms with Crippen molar-refractivity contribution in [1.29, 1.82) is 5.26 Å². The summed E-state index contributed by atoms with van der Waals surface area (Å²) in [7, 11) is 0. The summed E-state index contributed by atoms with van der Waals surface area (Å²) in [5.74, 6) is 0.0111. The predicted molar refractivity (Wildman–Crippen MR) is 139 cm³/mol. The van der Waals surface area contributed by atoms with Crippen molar-refractivity contribution in [2.75, 3.05) is 11.9 Å². The van der Waals surface area contributed by atoms with Crippen LogP contribution < -0.4 is 10.6 Å². The molecular formula is C27H29FN8O2. The zero-order chi connectivity index (χ0) is 26.9. The Bertz CT molecular complexity index is 1480. The average molecular weight is 517 g/mol. The van der Waals surface area contributed by atoms with Crippen molar-refractivity contribution in [3.05, 3.63) is 66.5 Å². The first kappa shape index (κ1) is 25.4. The number of nitrogens with one attached hydrogen (secondary N) is 2. The summed E-state index contributed by atoms with van der Waals surface area (Å²) >= 11 is 0. The van der Waals surface area contributed by atoms with Crippen LogP contribution in [0.2, 0.25) is 0 Å². The minimum Gasteiger partial charge on any atom is -0.387 e. The second-order valence-corrected chi connectivity index (χ2v) is 10.3. The maximum atomic E-state index is 14.3. The van der Waals surface area contributed by atoms with E-state index in [4.69, 9.17) is 5.26 Å². The van der Waals surface area contributed by atoms with Crippen LogP contribution >= 0.6 is 0 Å². The Morgan fingerprint density at radius 2 is 2.13 bits per heavy atom. The van der Waals surface area contributed by atoms with Crippen LogP contribution in [0.15, 0.2) is 55.4 Å². The number of aliphatic hydroxyl groups is 1. The van der Waals surface area contributed by atoms with Crippen molar-refractivity contribution in [3.8, 4) is 17.5 Å². The lowest BCUT2D eigenvalue weighted by molar-refractivity contribution is -0.00177. The van der Waals surface area contributed by atoms with E-state index in [-0.39, 0.29) is 18.2 Å². The largest absolute Gasteiger partial charge is 0.387 e. The van der Waals surface area contributed by atoms with Gasteiger partial charge in [0.25, 0.3) is 5.91 Å². The lowest BCUT2D eigenvalue weighted by Gasteiger charge is -2.37. The highest BCUT2D eigenvalue weighted by Crippen LogP contribution is 2.33. The van der Waals surface area contributed by atoms with Gasteiger partial charge in [0.15, 0.2) is 0 Å². The smallest absolute Gasteiger partial charge is 0.255 e. The number of hydrogen-bond donors (Lipinski definition) is 3. The molecule has 1 aliphatic carbocycles. The third-order valence-corrected chi connectivity index (χ3v) is 6.87. The van der Waals surface area contributed by atoms with Crippen molar-refractivity contribution < 1.29 is 14.3 Å². The molecule has 1 aliphatic rings. The molecule has 38 heavy (non-hydrogen) atoms. The van der Waals surface area contributed by atoms with Crippen LogP contribution in [0.25, 0.3) is 16.9 Å². The number of aromatic nitrogens is 5. The Kier molecular flexibility index (Phi) is 6.82. The molecule has 1 amide bonds. The highest BCUT2D eigenvalue weighted by Gasteiger charge is 2.31. The average Bonchev–Trinajstić information content (AvgIpc) is 3.54. The number of alkyl halides is 1. The fraction of sp³-hybridized carbons (Fsp3) is 0.370. The molecule has 0 spiro atoms. The molecule has 1 atom stereocenters. The van der Waals surface area contributed by atoms with Crippen molar-refractivity contribution in [2.45, 2.75) is 51.0 Å². The number of anilines is 1. The number of nitriles is 1. The third-order valence-electron chi connectivity index (χ3n) is 6.87. The van der Waals surface area contributed by atoms with E-state index in [2.05, 4.69) is 36.3 Å². The van der Waals surface area contributed by atoms with Gasteiger partial charge in [0.05, 0.1) is 58.4 Å². The van der Waals surface area contributed by atoms with Crippen molar-refractivity contribution in [2.24, 2.45) is 5.92 Å². The molecule has 1 fully saturated rings. The summed E-state index contributed by atoms with van der Waals surface area (Å²) in [6, 6.07) is 9.49. The van der Waals surface area contributed by atoms with E-state index in [9.17, 15) is 14.3 Å². The van der Waals surface area contributed by atoms with Crippen LogP contribution in [0, 0.1) is 17.2 Å². The van der Waals surface area contributed by atoms with Gasteiger partial charge < -0.3 is 20.3 Å². The number of amides is 1. The number of pyridine rings is 1. The summed E-state index contributed by atoms with van der Waals surface area (Å²) in [6.07, 6.45) is 8.70. The number of carbonyl (C=O) groups is 1. The van der Waals surface area contributed by atoms with Crippen LogP contribution in [0.1, 0.15) is 42.6 Å². The molecular weight excluding hydrogens is 487 g/mol. The van der Waals surface area contributed by atoms with Crippen molar-refractivity contribution in [1.82, 2.24) is 29.5 Å². The minimum atomic E-state index is -1.62. The molecule has 5 rings (SSSR count). The van der Waals surface area contributed by atoms with Gasteiger partial charge in [0.2, 0.25) is 0 Å². The Labute approximate surface area is 219 Å². The molecule has 0 aromatic carbocycles. The Hall–Kier alpha value is -4.30. The predicted octanol–water partition coefficient (Wildman–Crippen LogP) is 3.19. The standard InChI is InChI=1S/C27H29FN8O2/c1-27(2,38)25(28)14-32-26(37)21-13-31-23(24-4-3-20-9-18(11-29)12-33-36(20)24)10-22(21)34-19-7-17(8-19)15-35-6-5-30-16-35/h3-6,9-10,12-13,16-17,19,25,38H,7-8,14-15H2,1-2H3,(H,31,34)(H,32,37). The number of fused-ring (bicyclic) bond motifs is 1. The topological polar surface area (TPSA) is 133 Å². The maximum absolute atomic E-state index is 14.3. The second-order valence-electron chi connectivity index (χ2n) is 10.3. The van der Waals surface area contributed by atoms with E-state index in [1.54, 1.807) is 29.2 Å². The lowest BCUT2D eigenvalue weighted by Crippen LogP contribution is -2.42. The molecule has 0 saturated heterocycles. The summed E-state index contributed by atoms with van der Waals surface area (Å²) in [4.78, 5) is 21.6. The first-order valence-electron chi connectivity index (χ1n) is 12.5. The summed E-state index contributed by atoms with van der Waals surface area (Å²) in [6.45, 7) is 3.28. The number of rotatable bonds is 9. The minimum absolute atomic E-state index is 0.163. The summed E-state index contributed by atoms with van der Waals surface area (Å²) in [5, 5.41) is 29.5. The first-order chi connectivity index (χ1) is 18.2. The first-order valence-corrected chi connectivity index (χ1v) is 12.5. The number of nitrogens with zero attached hydrogens (tertiary/aromatic N) is 6. The van der Waals surface area contributed by atoms with E-state index in [0.29, 0.717) is 28.6 Å². The number of imidazole rings is 1. The fourth-order valence-electron chi connectivity index (χ4n) is 4.59. The van der Waals surface area contributed by atoms with Gasteiger partial charge in [-0.1, -0.05) is 0 Å². The van der Waals surface area contributed by atoms with Gasteiger partial charge >= 0.3 is 0 Å². The Morgan fingerprint density at radius 1 is 1.32 bits per heavy atom. The summed E-state index contributed by atoms with van der Waals surface area (Å²) in [5.41, 5.74) is 1.81. The highest BCUT2D eigenvalue weighted by molar-refractivity contribution is 6.00. The quantitative estimate of drug-likeness (QED) is 0.311. The second kappa shape index (κ2) is 10.2. The molecule has 4 aromatic rings. The number of halogens is 1. The van der Waals surface area contributed by atoms with E-state index in [0.717, 1.165) is 24.9 Å². The van der Waals surface area contributed by atoms with Crippen LogP contribution in [0.3, 0.4) is 0 Å². The van der Waals surface area contributed by atoms with E-state index in [1.807, 2.05) is 18.3 Å². The maximum Gasteiger partial charge on any atom is 0.255 e. The molecule has 11 heteroatoms. The van der Waals surface area contributed by atoms with Gasteiger partial charge in [-0.25, -0.2) is 13.9 Å². The summed E-state index contributed by atoms with van der Waals surface area (Å²) < 4.78 is 18.0. The van der Waals surface area contributed by atoms with Crippen LogP contribution in [-0.2, 0) is 6.54 Å². The van der Waals surface area contributed by atoms with Crippen molar-refractivity contribution in [3.63, 3.8) is 0 Å². The number of hydrogen-bond acceptors (Lipinski definition) is 7. The van der Waals surface area contributed by atoms with E-state index < -0.39 is 17.7 Å². The third kappa shape index (κ3) is 5.35. The molecule has 0 bridgehead atoms. The highest BCUT2D eigenvalue weighted by atomic mass is 19.1. The molecule has 4 aromatic heterocycles. The molecule has 0 aliphatic heterocycles. The fourth-order valence-corrected chi connectivity index (χ4v) is 4.59. The van der Waals surface area contributed by atoms with Gasteiger partial charge in [0, 0.05) is 31.2 Å². The molecule has 3 N–H and O–H groups in total. The van der Waals surface area contributed by atoms with Gasteiger partial charge in [0.1, 0.15) is 12.2 Å². The molecule has 1 unspecified atom stereocenters. The van der Waals surface area contributed by atoms with Gasteiger partial charge in [-0.15, -0.1) is 0 Å². The Balaban J connectivity index is 1.38. The Morgan fingerprint density at radius 3 is 2.84 bits per heavy atom. The van der Waals surface area contributed by atoms with Crippen LogP contribution in [-0.4, -0.2) is 59.5 Å². The molecule has 196 valence electrons. The van der Waals surface area contributed by atoms with Crippen molar-refractivity contribution >= 4 is 17.1 Å². The monoisotopic (exact) mass is 516 g/mol. The number of carbonyl (C=O) groups excluding carboxylic acids is 1. The molecule has 1 saturated carbocycles. The van der Waals surface area contributed by atoms with Gasteiger partial charge in [-0.2, -0.15) is 10.4 Å². The zero-order valence-electron chi connectivity index (χ0n) is 21.2. The molecule has 4 heterocycles. The van der Waals surface area contributed by atoms with Gasteiger partial charge in [-0.05, 0) is 56.9 Å². The normalized spacial score (nSPS) is 18.0. The van der Waals surface area contributed by atoms with Gasteiger partial charge in [-0.3, -0.25) is 9.78 Å². The van der Waals surface area contributed by atoms with Crippen LogP contribution in [0.4, 0.5) is 10.1 Å². The lowest BCUT2D eigenvalue weighted by atomic mass is 9.80. The van der Waals surface area contributed by atoms with Crippen LogP contribution in [0.5, 0.6) is 0 Å². The van der Waals surface area contributed by atoms with E-state index in [1.165, 1.54) is 26.2 Å². The van der Waals surface area contributed by atoms with E-state index >= 15 is 0 Å². The molecule has 0 radical (unpaired) electrons. The zero-order valence-corrected chi connectivity index (χ0v) is 21.2. The molecule has 10 nitrogen and oxygen atoms in total.